The van der Waals surface area contributed by atoms with Gasteiger partial charge in [-0.2, -0.15) is 0 Å². The van der Waals surface area contributed by atoms with Gasteiger partial charge in [0.2, 0.25) is 5.75 Å². The van der Waals surface area contributed by atoms with Gasteiger partial charge >= 0.3 is 11.6 Å². The van der Waals surface area contributed by atoms with Gasteiger partial charge in [0.25, 0.3) is 0 Å². The molecule has 0 unspecified atom stereocenters. The highest BCUT2D eigenvalue weighted by Crippen LogP contribution is 2.35. The van der Waals surface area contributed by atoms with Crippen LogP contribution >= 0.6 is 0 Å². The monoisotopic (exact) mass is 376 g/mol. The van der Waals surface area contributed by atoms with Crippen molar-refractivity contribution in [2.75, 3.05) is 6.61 Å². The second kappa shape index (κ2) is 7.05. The number of carbonyl (C=O) groups excluding carboxylic acids is 1. The highest BCUT2D eigenvalue weighted by atomic mass is 16.6. The molecule has 2 N–H and O–H groups in total. The van der Waals surface area contributed by atoms with Crippen LogP contribution in [0.3, 0.4) is 0 Å². The molecular formula is C19H20O8. The second-order valence-electron chi connectivity index (χ2n) is 6.78. The van der Waals surface area contributed by atoms with Crippen LogP contribution in [0.1, 0.15) is 20.8 Å². The lowest BCUT2D eigenvalue weighted by molar-refractivity contribution is -0.173. The van der Waals surface area contributed by atoms with E-state index >= 15 is 0 Å². The first-order valence-electron chi connectivity index (χ1n) is 8.34. The maximum absolute atomic E-state index is 11.7. The first-order chi connectivity index (χ1) is 12.7. The number of aliphatic hydroxyl groups excluding tert-OH is 1. The van der Waals surface area contributed by atoms with Crippen LogP contribution in [-0.2, 0) is 9.53 Å². The van der Waals surface area contributed by atoms with E-state index in [0.29, 0.717) is 11.0 Å². The summed E-state index contributed by atoms with van der Waals surface area (Å²) in [4.78, 5) is 23.4. The zero-order chi connectivity index (χ0) is 19.8. The highest BCUT2D eigenvalue weighted by molar-refractivity contribution is 5.99. The number of furan rings is 1. The van der Waals surface area contributed by atoms with Crippen molar-refractivity contribution in [1.29, 1.82) is 0 Å². The average molecular weight is 376 g/mol. The summed E-state index contributed by atoms with van der Waals surface area (Å²) in [5.41, 5.74) is -1.47. The molecule has 0 spiro atoms. The molecule has 2 heterocycles. The molecule has 0 saturated heterocycles. The quantitative estimate of drug-likeness (QED) is 0.495. The van der Waals surface area contributed by atoms with E-state index in [-0.39, 0.29) is 17.9 Å². The molecule has 8 heteroatoms. The average Bonchev–Trinajstić information content (AvgIpc) is 3.04. The number of carbonyl (C=O) groups is 1. The molecule has 0 aliphatic carbocycles. The van der Waals surface area contributed by atoms with Crippen molar-refractivity contribution in [2.45, 2.75) is 38.6 Å². The van der Waals surface area contributed by atoms with Gasteiger partial charge in [-0.15, -0.1) is 0 Å². The Morgan fingerprint density at radius 2 is 1.93 bits per heavy atom. The molecule has 0 radical (unpaired) electrons. The van der Waals surface area contributed by atoms with Crippen LogP contribution in [0.25, 0.3) is 21.9 Å². The van der Waals surface area contributed by atoms with Crippen molar-refractivity contribution in [1.82, 2.24) is 0 Å². The fraction of sp³-hybridized carbons (Fsp3) is 0.368. The molecule has 8 nitrogen and oxygen atoms in total. The molecule has 0 aliphatic rings. The third-order valence-electron chi connectivity index (χ3n) is 4.05. The van der Waals surface area contributed by atoms with E-state index in [0.717, 1.165) is 5.39 Å². The summed E-state index contributed by atoms with van der Waals surface area (Å²) >= 11 is 0. The Morgan fingerprint density at radius 3 is 2.59 bits per heavy atom. The number of hydrogen-bond donors (Lipinski definition) is 2. The molecule has 2 aromatic heterocycles. The molecule has 0 bridgehead atoms. The molecule has 0 fully saturated rings. The van der Waals surface area contributed by atoms with Gasteiger partial charge in [-0.05, 0) is 39.0 Å². The Kier molecular flexibility index (Phi) is 4.95. The molecule has 3 rings (SSSR count). The molecule has 3 aromatic rings. The summed E-state index contributed by atoms with van der Waals surface area (Å²) in [6, 6.07) is 6.40. The van der Waals surface area contributed by atoms with Crippen molar-refractivity contribution >= 4 is 27.9 Å². The standard InChI is InChI=1S/C19H20O8/c1-10(20)18(22)26-13(19(2,3)23)9-25-17-15-12(6-7-24-15)8-11-4-5-14(21)27-16(11)17/h4-8,10,13,20,23H,9H2,1-3H3/t10-,13-/m1/s1. The smallest absolute Gasteiger partial charge is 0.336 e. The van der Waals surface area contributed by atoms with Gasteiger partial charge in [-0.1, -0.05) is 0 Å². The predicted molar refractivity (Wildman–Crippen MR) is 95.6 cm³/mol. The minimum atomic E-state index is -1.45. The summed E-state index contributed by atoms with van der Waals surface area (Å²) in [5.74, 6) is -0.731. The molecule has 2 atom stereocenters. The van der Waals surface area contributed by atoms with Crippen LogP contribution in [0.15, 0.2) is 44.2 Å². The van der Waals surface area contributed by atoms with Gasteiger partial charge in [0.15, 0.2) is 17.3 Å². The van der Waals surface area contributed by atoms with E-state index in [1.807, 2.05) is 0 Å². The fourth-order valence-electron chi connectivity index (χ4n) is 2.52. The minimum absolute atomic E-state index is 0.160. The zero-order valence-electron chi connectivity index (χ0n) is 15.1. The fourth-order valence-corrected chi connectivity index (χ4v) is 2.52. The maximum Gasteiger partial charge on any atom is 0.336 e. The van der Waals surface area contributed by atoms with Crippen LogP contribution in [0, 0.1) is 0 Å². The van der Waals surface area contributed by atoms with Crippen LogP contribution in [0.4, 0.5) is 0 Å². The molecule has 0 amide bonds. The number of aliphatic hydroxyl groups is 2. The Balaban J connectivity index is 1.98. The minimum Gasteiger partial charge on any atom is -0.482 e. The summed E-state index contributed by atoms with van der Waals surface area (Å²) < 4.78 is 21.6. The number of rotatable bonds is 6. The van der Waals surface area contributed by atoms with Crippen LogP contribution < -0.4 is 10.4 Å². The van der Waals surface area contributed by atoms with Crippen molar-refractivity contribution in [2.24, 2.45) is 0 Å². The van der Waals surface area contributed by atoms with E-state index in [2.05, 4.69) is 0 Å². The van der Waals surface area contributed by atoms with Crippen LogP contribution in [0.2, 0.25) is 0 Å². The number of benzene rings is 1. The molecule has 144 valence electrons. The largest absolute Gasteiger partial charge is 0.482 e. The Morgan fingerprint density at radius 1 is 1.22 bits per heavy atom. The van der Waals surface area contributed by atoms with E-state index in [9.17, 15) is 19.8 Å². The van der Waals surface area contributed by atoms with Crippen molar-refractivity contribution < 1.29 is 33.3 Å². The van der Waals surface area contributed by atoms with E-state index in [4.69, 9.17) is 18.3 Å². The second-order valence-corrected chi connectivity index (χ2v) is 6.78. The number of hydrogen-bond acceptors (Lipinski definition) is 8. The van der Waals surface area contributed by atoms with E-state index in [1.165, 1.54) is 33.1 Å². The van der Waals surface area contributed by atoms with Crippen molar-refractivity contribution in [3.05, 3.63) is 40.9 Å². The van der Waals surface area contributed by atoms with Crippen LogP contribution in [-0.4, -0.2) is 40.6 Å². The van der Waals surface area contributed by atoms with Gasteiger partial charge in [0, 0.05) is 16.8 Å². The maximum atomic E-state index is 11.7. The lowest BCUT2D eigenvalue weighted by atomic mass is 10.0. The summed E-state index contributed by atoms with van der Waals surface area (Å²) in [6.07, 6.45) is -0.965. The Bertz CT molecular complexity index is 1020. The van der Waals surface area contributed by atoms with Gasteiger partial charge in [-0.25, -0.2) is 9.59 Å². The zero-order valence-corrected chi connectivity index (χ0v) is 15.1. The third kappa shape index (κ3) is 3.96. The first kappa shape index (κ1) is 18.9. The highest BCUT2D eigenvalue weighted by Gasteiger charge is 2.33. The number of fused-ring (bicyclic) bond motifs is 2. The van der Waals surface area contributed by atoms with E-state index in [1.54, 1.807) is 18.2 Å². The van der Waals surface area contributed by atoms with E-state index < -0.39 is 29.4 Å². The van der Waals surface area contributed by atoms with Gasteiger partial charge in [0.1, 0.15) is 12.7 Å². The summed E-state index contributed by atoms with van der Waals surface area (Å²) in [6.45, 7) is 3.90. The normalized spacial score (nSPS) is 14.3. The summed E-state index contributed by atoms with van der Waals surface area (Å²) in [5, 5.41) is 21.0. The lowest BCUT2D eigenvalue weighted by Gasteiger charge is -2.29. The SMILES string of the molecule is C[C@@H](O)C(=O)O[C@H](COc1c2occc2cc2ccc(=O)oc12)C(C)(C)O. The van der Waals surface area contributed by atoms with Crippen molar-refractivity contribution in [3.8, 4) is 5.75 Å². The van der Waals surface area contributed by atoms with Crippen LogP contribution in [0.5, 0.6) is 5.75 Å². The molecule has 1 aromatic carbocycles. The molecule has 0 saturated carbocycles. The Hall–Kier alpha value is -2.84. The topological polar surface area (TPSA) is 119 Å². The van der Waals surface area contributed by atoms with Gasteiger partial charge in [0.05, 0.1) is 11.9 Å². The lowest BCUT2D eigenvalue weighted by Crippen LogP contribution is -2.45. The molecular weight excluding hydrogens is 356 g/mol. The predicted octanol–water partition coefficient (Wildman–Crippen LogP) is 1.98. The van der Waals surface area contributed by atoms with Gasteiger partial charge < -0.3 is 28.5 Å². The number of esters is 1. The Labute approximate surface area is 153 Å². The van der Waals surface area contributed by atoms with Gasteiger partial charge in [-0.3, -0.25) is 0 Å². The summed E-state index contributed by atoms with van der Waals surface area (Å²) in [7, 11) is 0. The number of ether oxygens (including phenoxy) is 2. The first-order valence-corrected chi connectivity index (χ1v) is 8.34. The third-order valence-corrected chi connectivity index (χ3v) is 4.05. The molecule has 0 aliphatic heterocycles. The van der Waals surface area contributed by atoms with Crippen molar-refractivity contribution in [3.63, 3.8) is 0 Å². The molecule has 27 heavy (non-hydrogen) atoms.